The first-order chi connectivity index (χ1) is 26.2. The molecule has 14 nitrogen and oxygen atoms in total. The molecule has 4 aromatic carbocycles. The van der Waals surface area contributed by atoms with E-state index in [0.717, 1.165) is 44.5 Å². The Bertz CT molecular complexity index is 2500. The number of hydrogen-bond donors (Lipinski definition) is 5. The number of fused-ring (bicyclic) bond motifs is 7. The molecule has 0 spiro atoms. The van der Waals surface area contributed by atoms with Gasteiger partial charge in [-0.1, -0.05) is 78.9 Å². The number of rotatable bonds is 7. The van der Waals surface area contributed by atoms with Gasteiger partial charge in [0, 0.05) is 12.8 Å². The Labute approximate surface area is 307 Å². The van der Waals surface area contributed by atoms with Crippen molar-refractivity contribution in [1.82, 2.24) is 19.5 Å². The second kappa shape index (κ2) is 13.0. The fourth-order valence-electron chi connectivity index (χ4n) is 7.96. The van der Waals surface area contributed by atoms with Gasteiger partial charge in [-0.05, 0) is 63.1 Å². The van der Waals surface area contributed by atoms with Crippen molar-refractivity contribution in [1.29, 1.82) is 0 Å². The van der Waals surface area contributed by atoms with Crippen molar-refractivity contribution in [2.45, 2.75) is 43.8 Å². The number of aromatic amines is 1. The molecular weight excluding hydrogens is 692 g/mol. The van der Waals surface area contributed by atoms with Crippen LogP contribution in [0.3, 0.4) is 0 Å². The normalized spacial score (nSPS) is 19.6. The van der Waals surface area contributed by atoms with Crippen LogP contribution in [0.2, 0.25) is 0 Å². The van der Waals surface area contributed by atoms with E-state index < -0.39 is 48.7 Å². The van der Waals surface area contributed by atoms with Gasteiger partial charge in [0.15, 0.2) is 17.4 Å². The van der Waals surface area contributed by atoms with Crippen LogP contribution in [0.1, 0.15) is 41.3 Å². The van der Waals surface area contributed by atoms with Crippen molar-refractivity contribution in [2.24, 2.45) is 0 Å². The van der Waals surface area contributed by atoms with E-state index in [1.54, 1.807) is 6.07 Å². The van der Waals surface area contributed by atoms with E-state index in [-0.39, 0.29) is 35.6 Å². The highest BCUT2D eigenvalue weighted by molar-refractivity contribution is 5.99. The van der Waals surface area contributed by atoms with Gasteiger partial charge >= 0.3 is 6.09 Å². The van der Waals surface area contributed by atoms with E-state index in [9.17, 15) is 29.7 Å². The molecule has 5 N–H and O–H groups in total. The number of anilines is 3. The third-order valence-corrected chi connectivity index (χ3v) is 10.4. The zero-order valence-electron chi connectivity index (χ0n) is 28.8. The van der Waals surface area contributed by atoms with Crippen LogP contribution in [-0.2, 0) is 20.7 Å². The van der Waals surface area contributed by atoms with Gasteiger partial charge in [-0.15, -0.1) is 0 Å². The van der Waals surface area contributed by atoms with E-state index >= 15 is 0 Å². The summed E-state index contributed by atoms with van der Waals surface area (Å²) in [6, 6.07) is 29.4. The van der Waals surface area contributed by atoms with Crippen molar-refractivity contribution >= 4 is 40.7 Å². The predicted octanol–water partition coefficient (Wildman–Crippen LogP) is 4.35. The summed E-state index contributed by atoms with van der Waals surface area (Å²) in [7, 11) is 0. The van der Waals surface area contributed by atoms with Crippen LogP contribution < -0.4 is 15.8 Å². The predicted molar refractivity (Wildman–Crippen MR) is 197 cm³/mol. The number of aromatic nitrogens is 4. The number of hydrogen-bond acceptors (Lipinski definition) is 10. The van der Waals surface area contributed by atoms with Crippen molar-refractivity contribution in [3.05, 3.63) is 124 Å². The number of carbonyl (C=O) groups is 2. The molecule has 2 aliphatic carbocycles. The molecule has 0 radical (unpaired) electrons. The Kier molecular flexibility index (Phi) is 8.12. The standard InChI is InChI=1S/C40H34N6O8/c1-20(48)45(23-14-15-25-22(17-23)16-21-8-2-3-9-24(21)25)39-41-32-35(46(39)37-34(50)33(49)31(18-47)54-37)42-38(43-36(32)51)44-40(52)53-19-30-28-12-6-4-10-26(28)27-11-5-7-13-29(27)30/h2-15,17,30-31,33-34,37,47,49-50H,16,18-19H2,1H3,(H2,42,43,44,51,52)/t31-,33-,34-,37-/m1/s1. The summed E-state index contributed by atoms with van der Waals surface area (Å²) in [6.07, 6.45) is -6.03. The van der Waals surface area contributed by atoms with E-state index in [1.807, 2.05) is 84.9 Å². The first kappa shape index (κ1) is 33.6. The minimum absolute atomic E-state index is 0.0103. The molecule has 54 heavy (non-hydrogen) atoms. The van der Waals surface area contributed by atoms with Gasteiger partial charge in [-0.2, -0.15) is 4.98 Å². The quantitative estimate of drug-likeness (QED) is 0.158. The highest BCUT2D eigenvalue weighted by Gasteiger charge is 2.46. The lowest BCUT2D eigenvalue weighted by atomic mass is 9.98. The molecule has 1 fully saturated rings. The fraction of sp³-hybridized carbons (Fsp3) is 0.225. The molecule has 1 aliphatic heterocycles. The minimum Gasteiger partial charge on any atom is -0.448 e. The second-order valence-corrected chi connectivity index (χ2v) is 13.6. The maximum atomic E-state index is 13.6. The summed E-state index contributed by atoms with van der Waals surface area (Å²) in [5.41, 5.74) is 7.67. The van der Waals surface area contributed by atoms with Crippen LogP contribution in [0.5, 0.6) is 0 Å². The zero-order chi connectivity index (χ0) is 37.2. The summed E-state index contributed by atoms with van der Waals surface area (Å²) in [4.78, 5) is 53.1. The Morgan fingerprint density at radius 2 is 1.57 bits per heavy atom. The van der Waals surface area contributed by atoms with Crippen LogP contribution in [-0.4, -0.2) is 78.4 Å². The average Bonchev–Trinajstić information content (AvgIpc) is 3.90. The number of imidazole rings is 1. The first-order valence-electron chi connectivity index (χ1n) is 17.5. The van der Waals surface area contributed by atoms with E-state index in [4.69, 9.17) is 9.47 Å². The molecule has 2 aromatic heterocycles. The first-order valence-corrected chi connectivity index (χ1v) is 17.5. The SMILES string of the molecule is CC(=O)N(c1ccc2c(c1)Cc1ccccc1-2)c1nc2c(=O)[nH]c(NC(=O)OCC3c4ccccc4-c4ccccc43)nc2n1[C@@H]1O[C@H](CO)[C@@H](O)[C@H]1O. The minimum atomic E-state index is -1.62. The van der Waals surface area contributed by atoms with Gasteiger partial charge in [-0.3, -0.25) is 29.4 Å². The monoisotopic (exact) mass is 726 g/mol. The molecule has 2 amide bonds. The molecule has 3 aliphatic rings. The van der Waals surface area contributed by atoms with Gasteiger partial charge in [0.1, 0.15) is 24.9 Å². The summed E-state index contributed by atoms with van der Waals surface area (Å²) >= 11 is 0. The summed E-state index contributed by atoms with van der Waals surface area (Å²) < 4.78 is 12.8. The highest BCUT2D eigenvalue weighted by Crippen LogP contribution is 2.45. The maximum Gasteiger partial charge on any atom is 0.414 e. The average molecular weight is 727 g/mol. The zero-order valence-corrected chi connectivity index (χ0v) is 28.8. The van der Waals surface area contributed by atoms with Crippen LogP contribution in [0.25, 0.3) is 33.4 Å². The van der Waals surface area contributed by atoms with Crippen LogP contribution in [0.15, 0.2) is 95.8 Å². The molecule has 0 unspecified atom stereocenters. The van der Waals surface area contributed by atoms with Crippen LogP contribution in [0.4, 0.5) is 22.4 Å². The third-order valence-electron chi connectivity index (χ3n) is 10.4. The molecule has 14 heteroatoms. The lowest BCUT2D eigenvalue weighted by Gasteiger charge is -2.26. The number of H-pyrrole nitrogens is 1. The van der Waals surface area contributed by atoms with Crippen molar-refractivity contribution in [3.8, 4) is 22.3 Å². The topological polar surface area (TPSA) is 192 Å². The summed E-state index contributed by atoms with van der Waals surface area (Å²) in [6.45, 7) is 0.711. The number of nitrogens with one attached hydrogen (secondary N) is 2. The second-order valence-electron chi connectivity index (χ2n) is 13.6. The summed E-state index contributed by atoms with van der Waals surface area (Å²) in [5.74, 6) is -1.13. The fourth-order valence-corrected chi connectivity index (χ4v) is 7.96. The number of amides is 2. The summed E-state index contributed by atoms with van der Waals surface area (Å²) in [5, 5.41) is 34.3. The lowest BCUT2D eigenvalue weighted by molar-refractivity contribution is -0.116. The number of ether oxygens (including phenoxy) is 2. The Hall–Kier alpha value is -6.19. The van der Waals surface area contributed by atoms with Gasteiger partial charge in [0.05, 0.1) is 12.3 Å². The Morgan fingerprint density at radius 1 is 0.907 bits per heavy atom. The molecule has 6 aromatic rings. The number of aliphatic hydroxyl groups excluding tert-OH is 3. The Balaban J connectivity index is 1.08. The van der Waals surface area contributed by atoms with Crippen molar-refractivity contribution in [3.63, 3.8) is 0 Å². The van der Waals surface area contributed by atoms with Crippen LogP contribution >= 0.6 is 0 Å². The highest BCUT2D eigenvalue weighted by atomic mass is 16.6. The van der Waals surface area contributed by atoms with Gasteiger partial charge in [0.2, 0.25) is 17.8 Å². The molecule has 4 atom stereocenters. The largest absolute Gasteiger partial charge is 0.448 e. The molecule has 272 valence electrons. The van der Waals surface area contributed by atoms with Crippen LogP contribution in [0, 0.1) is 0 Å². The van der Waals surface area contributed by atoms with E-state index in [2.05, 4.69) is 20.3 Å². The lowest BCUT2D eigenvalue weighted by Crippen LogP contribution is -2.34. The molecular formula is C40H34N6O8. The van der Waals surface area contributed by atoms with Crippen molar-refractivity contribution in [2.75, 3.05) is 23.4 Å². The van der Waals surface area contributed by atoms with Crippen molar-refractivity contribution < 1.29 is 34.4 Å². The maximum absolute atomic E-state index is 13.6. The van der Waals surface area contributed by atoms with E-state index in [1.165, 1.54) is 16.4 Å². The number of benzene rings is 4. The smallest absolute Gasteiger partial charge is 0.414 e. The molecule has 3 heterocycles. The van der Waals surface area contributed by atoms with Gasteiger partial charge in [0.25, 0.3) is 5.56 Å². The molecule has 0 bridgehead atoms. The molecule has 9 rings (SSSR count). The number of carbonyl (C=O) groups excluding carboxylic acids is 2. The molecule has 1 saturated heterocycles. The van der Waals surface area contributed by atoms with Gasteiger partial charge < -0.3 is 24.8 Å². The van der Waals surface area contributed by atoms with E-state index in [0.29, 0.717) is 12.1 Å². The number of nitrogens with zero attached hydrogens (tertiary/aromatic N) is 4. The van der Waals surface area contributed by atoms with Gasteiger partial charge in [-0.25, -0.2) is 9.78 Å². The Morgan fingerprint density at radius 3 is 2.26 bits per heavy atom. The third kappa shape index (κ3) is 5.38. The molecule has 0 saturated carbocycles. The number of aliphatic hydroxyl groups is 3.